The second-order valence-corrected chi connectivity index (χ2v) is 4.50. The van der Waals surface area contributed by atoms with E-state index >= 15 is 0 Å². The fourth-order valence-electron chi connectivity index (χ4n) is 2.06. The molecule has 1 aliphatic rings. The Morgan fingerprint density at radius 3 is 2.90 bits per heavy atom. The summed E-state index contributed by atoms with van der Waals surface area (Å²) in [4.78, 5) is 24.5. The summed E-state index contributed by atoms with van der Waals surface area (Å²) >= 11 is 0. The molecular weight excluding hydrogens is 258 g/mol. The van der Waals surface area contributed by atoms with Crippen LogP contribution in [0.15, 0.2) is 29.4 Å². The zero-order chi connectivity index (χ0) is 14.5. The third-order valence-corrected chi connectivity index (χ3v) is 3.15. The second-order valence-electron chi connectivity index (χ2n) is 4.50. The van der Waals surface area contributed by atoms with Gasteiger partial charge in [0.25, 0.3) is 0 Å². The van der Waals surface area contributed by atoms with E-state index in [2.05, 4.69) is 15.3 Å². The lowest BCUT2D eigenvalue weighted by Crippen LogP contribution is -2.24. The van der Waals surface area contributed by atoms with Gasteiger partial charge in [0.1, 0.15) is 0 Å². The van der Waals surface area contributed by atoms with Gasteiger partial charge in [0.2, 0.25) is 5.91 Å². The molecule has 6 nitrogen and oxygen atoms in total. The van der Waals surface area contributed by atoms with Crippen LogP contribution in [0.25, 0.3) is 0 Å². The molecule has 1 saturated heterocycles. The molecule has 0 radical (unpaired) electrons. The molecule has 0 spiro atoms. The van der Waals surface area contributed by atoms with Gasteiger partial charge in [-0.2, -0.15) is 5.10 Å². The van der Waals surface area contributed by atoms with E-state index in [1.54, 1.807) is 11.8 Å². The van der Waals surface area contributed by atoms with Crippen molar-refractivity contribution in [2.75, 3.05) is 18.6 Å². The molecule has 6 heteroatoms. The molecule has 1 aliphatic heterocycles. The minimum absolute atomic E-state index is 0.143. The minimum atomic E-state index is -0.616. The van der Waals surface area contributed by atoms with Crippen LogP contribution < -0.4 is 10.3 Å². The molecule has 2 rings (SSSR count). The molecule has 20 heavy (non-hydrogen) atoms. The summed E-state index contributed by atoms with van der Waals surface area (Å²) in [6.45, 7) is 2.53. The first-order valence-electron chi connectivity index (χ1n) is 6.41. The molecule has 1 aromatic rings. The van der Waals surface area contributed by atoms with Crippen LogP contribution in [0, 0.1) is 0 Å². The molecule has 1 N–H and O–H groups in total. The number of anilines is 1. The number of amides is 2. The predicted octanol–water partition coefficient (Wildman–Crippen LogP) is 1.89. The van der Waals surface area contributed by atoms with Gasteiger partial charge in [-0.15, -0.1) is 0 Å². The lowest BCUT2D eigenvalue weighted by atomic mass is 10.1. The van der Waals surface area contributed by atoms with E-state index in [9.17, 15) is 9.59 Å². The van der Waals surface area contributed by atoms with E-state index in [0.29, 0.717) is 12.1 Å². The van der Waals surface area contributed by atoms with E-state index in [1.807, 2.05) is 24.3 Å². The Hall–Kier alpha value is -2.37. The SMILES string of the molecule is COC(=O)N/N=C(/C)c1cccc(N2CCCC2=O)c1. The summed E-state index contributed by atoms with van der Waals surface area (Å²) in [5.74, 6) is 0.143. The van der Waals surface area contributed by atoms with Crippen LogP contribution in [-0.4, -0.2) is 31.4 Å². The lowest BCUT2D eigenvalue weighted by Gasteiger charge is -2.16. The van der Waals surface area contributed by atoms with Gasteiger partial charge in [0, 0.05) is 18.7 Å². The lowest BCUT2D eigenvalue weighted by molar-refractivity contribution is -0.117. The first-order chi connectivity index (χ1) is 9.61. The number of carbonyl (C=O) groups is 2. The standard InChI is InChI=1S/C14H17N3O3/c1-10(15-16-14(19)20-2)11-5-3-6-12(9-11)17-8-4-7-13(17)18/h3,5-6,9H,4,7-8H2,1-2H3,(H,16,19)/b15-10-. The number of hydrogen-bond donors (Lipinski definition) is 1. The number of ether oxygens (including phenoxy) is 1. The van der Waals surface area contributed by atoms with Crippen LogP contribution in [0.5, 0.6) is 0 Å². The summed E-state index contributed by atoms with van der Waals surface area (Å²) in [7, 11) is 1.28. The molecule has 0 atom stereocenters. The number of carbonyl (C=O) groups excluding carboxylic acids is 2. The molecule has 0 aliphatic carbocycles. The summed E-state index contributed by atoms with van der Waals surface area (Å²) in [6, 6.07) is 7.53. The van der Waals surface area contributed by atoms with E-state index in [4.69, 9.17) is 0 Å². The van der Waals surface area contributed by atoms with Crippen LogP contribution in [0.1, 0.15) is 25.3 Å². The average Bonchev–Trinajstić information content (AvgIpc) is 2.90. The Morgan fingerprint density at radius 2 is 2.25 bits per heavy atom. The zero-order valence-corrected chi connectivity index (χ0v) is 11.5. The highest BCUT2D eigenvalue weighted by Gasteiger charge is 2.21. The van der Waals surface area contributed by atoms with Crippen LogP contribution in [0.4, 0.5) is 10.5 Å². The van der Waals surface area contributed by atoms with Crippen molar-refractivity contribution in [3.63, 3.8) is 0 Å². The first-order valence-corrected chi connectivity index (χ1v) is 6.41. The molecule has 0 saturated carbocycles. The molecular formula is C14H17N3O3. The normalized spacial score (nSPS) is 15.4. The second kappa shape index (κ2) is 6.18. The van der Waals surface area contributed by atoms with Gasteiger partial charge in [-0.25, -0.2) is 10.2 Å². The maximum atomic E-state index is 11.7. The Labute approximate surface area is 117 Å². The molecule has 0 unspecified atom stereocenters. The third kappa shape index (κ3) is 3.14. The van der Waals surface area contributed by atoms with E-state index < -0.39 is 6.09 Å². The number of nitrogens with zero attached hydrogens (tertiary/aromatic N) is 2. The van der Waals surface area contributed by atoms with Gasteiger partial charge in [-0.1, -0.05) is 12.1 Å². The van der Waals surface area contributed by atoms with Crippen molar-refractivity contribution in [3.8, 4) is 0 Å². The van der Waals surface area contributed by atoms with Crippen molar-refractivity contribution in [2.24, 2.45) is 5.10 Å². The molecule has 106 valence electrons. The van der Waals surface area contributed by atoms with E-state index in [-0.39, 0.29) is 5.91 Å². The Balaban J connectivity index is 2.17. The molecule has 1 aromatic carbocycles. The van der Waals surface area contributed by atoms with Crippen LogP contribution in [0.2, 0.25) is 0 Å². The van der Waals surface area contributed by atoms with Gasteiger partial charge in [0.05, 0.1) is 12.8 Å². The Bertz CT molecular complexity index is 554. The number of nitrogens with one attached hydrogen (secondary N) is 1. The summed E-state index contributed by atoms with van der Waals surface area (Å²) < 4.78 is 4.45. The first kappa shape index (κ1) is 14.0. The Morgan fingerprint density at radius 1 is 1.45 bits per heavy atom. The van der Waals surface area contributed by atoms with Crippen molar-refractivity contribution >= 4 is 23.4 Å². The summed E-state index contributed by atoms with van der Waals surface area (Å²) in [5.41, 5.74) is 4.62. The monoisotopic (exact) mass is 275 g/mol. The molecule has 1 heterocycles. The van der Waals surface area contributed by atoms with Crippen molar-refractivity contribution in [1.82, 2.24) is 5.43 Å². The smallest absolute Gasteiger partial charge is 0.427 e. The van der Waals surface area contributed by atoms with Gasteiger partial charge in [0.15, 0.2) is 0 Å². The van der Waals surface area contributed by atoms with Gasteiger partial charge in [-0.3, -0.25) is 4.79 Å². The highest BCUT2D eigenvalue weighted by molar-refractivity contribution is 6.01. The molecule has 0 bridgehead atoms. The van der Waals surface area contributed by atoms with Crippen molar-refractivity contribution in [1.29, 1.82) is 0 Å². The number of hydrogen-bond acceptors (Lipinski definition) is 4. The predicted molar refractivity (Wildman–Crippen MR) is 75.8 cm³/mol. The minimum Gasteiger partial charge on any atom is -0.452 e. The quantitative estimate of drug-likeness (QED) is 0.676. The van der Waals surface area contributed by atoms with Crippen molar-refractivity contribution in [2.45, 2.75) is 19.8 Å². The topological polar surface area (TPSA) is 71.0 Å². The van der Waals surface area contributed by atoms with Crippen LogP contribution in [-0.2, 0) is 9.53 Å². The highest BCUT2D eigenvalue weighted by Crippen LogP contribution is 2.22. The third-order valence-electron chi connectivity index (χ3n) is 3.15. The van der Waals surface area contributed by atoms with Gasteiger partial charge in [-0.05, 0) is 31.0 Å². The zero-order valence-electron chi connectivity index (χ0n) is 11.5. The Kier molecular flexibility index (Phi) is 4.34. The van der Waals surface area contributed by atoms with Crippen molar-refractivity contribution < 1.29 is 14.3 Å². The average molecular weight is 275 g/mol. The number of methoxy groups -OCH3 is 1. The fraction of sp³-hybridized carbons (Fsp3) is 0.357. The van der Waals surface area contributed by atoms with E-state index in [1.165, 1.54) is 7.11 Å². The largest absolute Gasteiger partial charge is 0.452 e. The number of benzene rings is 1. The maximum absolute atomic E-state index is 11.7. The highest BCUT2D eigenvalue weighted by atomic mass is 16.5. The van der Waals surface area contributed by atoms with Crippen LogP contribution in [0.3, 0.4) is 0 Å². The van der Waals surface area contributed by atoms with Gasteiger partial charge >= 0.3 is 6.09 Å². The van der Waals surface area contributed by atoms with E-state index in [0.717, 1.165) is 24.2 Å². The van der Waals surface area contributed by atoms with Crippen LogP contribution >= 0.6 is 0 Å². The van der Waals surface area contributed by atoms with Crippen molar-refractivity contribution in [3.05, 3.63) is 29.8 Å². The number of rotatable bonds is 3. The fourth-order valence-corrected chi connectivity index (χ4v) is 2.06. The molecule has 0 aromatic heterocycles. The number of hydrazone groups is 1. The summed E-state index contributed by atoms with van der Waals surface area (Å²) in [6.07, 6.45) is 0.872. The maximum Gasteiger partial charge on any atom is 0.427 e. The van der Waals surface area contributed by atoms with Gasteiger partial charge < -0.3 is 9.64 Å². The summed E-state index contributed by atoms with van der Waals surface area (Å²) in [5, 5.41) is 3.94. The molecule has 1 fully saturated rings. The molecule has 2 amide bonds.